The number of hydrogen-bond donors (Lipinski definition) is 2. The number of carboxylic acids is 1. The standard InChI is InChI=1S/C12H13ClN2O4/c1-19-10-6-9(8(13)5-7(10)11(16)17)15-4-2-3-14-12(15)18/h5-6H,2-4H2,1H3,(H,14,18)(H,16,17). The van der Waals surface area contributed by atoms with Gasteiger partial charge in [0.25, 0.3) is 0 Å². The van der Waals surface area contributed by atoms with Gasteiger partial charge < -0.3 is 15.2 Å². The molecule has 1 fully saturated rings. The normalized spacial score (nSPS) is 15.1. The Bertz CT molecular complexity index is 533. The summed E-state index contributed by atoms with van der Waals surface area (Å²) in [4.78, 5) is 24.3. The summed E-state index contributed by atoms with van der Waals surface area (Å²) in [5.41, 5.74) is 0.411. The van der Waals surface area contributed by atoms with Gasteiger partial charge in [-0.3, -0.25) is 4.90 Å². The molecule has 0 unspecified atom stereocenters. The molecule has 0 spiro atoms. The van der Waals surface area contributed by atoms with Crippen molar-refractivity contribution < 1.29 is 19.4 Å². The van der Waals surface area contributed by atoms with E-state index in [1.165, 1.54) is 24.1 Å². The first kappa shape index (κ1) is 13.5. The lowest BCUT2D eigenvalue weighted by Crippen LogP contribution is -2.46. The predicted molar refractivity (Wildman–Crippen MR) is 70.3 cm³/mol. The number of nitrogens with one attached hydrogen (secondary N) is 1. The van der Waals surface area contributed by atoms with E-state index in [2.05, 4.69) is 5.32 Å². The number of urea groups is 1. The lowest BCUT2D eigenvalue weighted by molar-refractivity contribution is 0.0693. The molecule has 2 amide bonds. The monoisotopic (exact) mass is 284 g/mol. The van der Waals surface area contributed by atoms with Crippen molar-refractivity contribution >= 4 is 29.3 Å². The van der Waals surface area contributed by atoms with Crippen LogP contribution in [0.25, 0.3) is 0 Å². The zero-order valence-corrected chi connectivity index (χ0v) is 11.0. The summed E-state index contributed by atoms with van der Waals surface area (Å²) in [6.07, 6.45) is 0.797. The summed E-state index contributed by atoms with van der Waals surface area (Å²) < 4.78 is 5.03. The molecule has 0 atom stereocenters. The van der Waals surface area contributed by atoms with Crippen molar-refractivity contribution in [1.29, 1.82) is 0 Å². The third kappa shape index (κ3) is 2.58. The fraction of sp³-hybridized carbons (Fsp3) is 0.333. The molecule has 6 nitrogen and oxygen atoms in total. The highest BCUT2D eigenvalue weighted by Gasteiger charge is 2.24. The number of amides is 2. The molecule has 1 aliphatic rings. The summed E-state index contributed by atoms with van der Waals surface area (Å²) in [6, 6.07) is 2.51. The van der Waals surface area contributed by atoms with E-state index in [0.717, 1.165) is 6.42 Å². The fourth-order valence-corrected chi connectivity index (χ4v) is 2.21. The maximum Gasteiger partial charge on any atom is 0.339 e. The molecule has 2 N–H and O–H groups in total. The van der Waals surface area contributed by atoms with Gasteiger partial charge in [0.05, 0.1) is 17.8 Å². The van der Waals surface area contributed by atoms with Gasteiger partial charge in [-0.15, -0.1) is 0 Å². The second kappa shape index (κ2) is 5.36. The number of rotatable bonds is 3. The molecule has 1 heterocycles. The van der Waals surface area contributed by atoms with Crippen LogP contribution in [0, 0.1) is 0 Å². The number of benzene rings is 1. The van der Waals surface area contributed by atoms with Gasteiger partial charge in [0.15, 0.2) is 0 Å². The van der Waals surface area contributed by atoms with Gasteiger partial charge in [0.2, 0.25) is 0 Å². The van der Waals surface area contributed by atoms with Crippen LogP contribution in [0.15, 0.2) is 12.1 Å². The molecule has 1 aromatic carbocycles. The van der Waals surface area contributed by atoms with Gasteiger partial charge in [0.1, 0.15) is 11.3 Å². The van der Waals surface area contributed by atoms with Crippen molar-refractivity contribution in [1.82, 2.24) is 5.32 Å². The molecule has 1 aliphatic heterocycles. The number of aromatic carboxylic acids is 1. The number of carbonyl (C=O) groups excluding carboxylic acids is 1. The predicted octanol–water partition coefficient (Wildman–Crippen LogP) is 1.97. The van der Waals surface area contributed by atoms with Gasteiger partial charge in [-0.25, -0.2) is 9.59 Å². The molecule has 0 radical (unpaired) electrons. The minimum atomic E-state index is -1.13. The van der Waals surface area contributed by atoms with Crippen LogP contribution in [0.4, 0.5) is 10.5 Å². The van der Waals surface area contributed by atoms with Crippen LogP contribution >= 0.6 is 11.6 Å². The number of ether oxygens (including phenoxy) is 1. The number of anilines is 1. The van der Waals surface area contributed by atoms with E-state index >= 15 is 0 Å². The minimum absolute atomic E-state index is 0.0336. The molecule has 0 saturated carbocycles. The molecule has 0 bridgehead atoms. The smallest absolute Gasteiger partial charge is 0.339 e. The molecule has 2 rings (SSSR count). The van der Waals surface area contributed by atoms with Gasteiger partial charge in [-0.1, -0.05) is 11.6 Å². The number of hydrogen-bond acceptors (Lipinski definition) is 3. The molecule has 7 heteroatoms. The summed E-state index contributed by atoms with van der Waals surface area (Å²) in [7, 11) is 1.37. The topological polar surface area (TPSA) is 78.9 Å². The van der Waals surface area contributed by atoms with E-state index in [1.807, 2.05) is 0 Å². The van der Waals surface area contributed by atoms with Crippen LogP contribution < -0.4 is 15.0 Å². The largest absolute Gasteiger partial charge is 0.496 e. The third-order valence-corrected chi connectivity index (χ3v) is 3.17. The Morgan fingerprint density at radius 3 is 2.84 bits per heavy atom. The first-order chi connectivity index (χ1) is 9.04. The van der Waals surface area contributed by atoms with Gasteiger partial charge in [-0.2, -0.15) is 0 Å². The highest BCUT2D eigenvalue weighted by molar-refractivity contribution is 6.34. The quantitative estimate of drug-likeness (QED) is 0.889. The van der Waals surface area contributed by atoms with Crippen molar-refractivity contribution in [3.63, 3.8) is 0 Å². The van der Waals surface area contributed by atoms with Gasteiger partial charge in [0, 0.05) is 19.2 Å². The first-order valence-corrected chi connectivity index (χ1v) is 6.08. The van der Waals surface area contributed by atoms with Crippen LogP contribution in [0.5, 0.6) is 5.75 Å². The third-order valence-electron chi connectivity index (χ3n) is 2.87. The van der Waals surface area contributed by atoms with E-state index in [1.54, 1.807) is 0 Å². The Balaban J connectivity index is 2.46. The summed E-state index contributed by atoms with van der Waals surface area (Å²) in [6.45, 7) is 1.15. The zero-order chi connectivity index (χ0) is 14.0. The van der Waals surface area contributed by atoms with Gasteiger partial charge >= 0.3 is 12.0 Å². The van der Waals surface area contributed by atoms with Crippen molar-refractivity contribution in [3.8, 4) is 5.75 Å². The highest BCUT2D eigenvalue weighted by Crippen LogP contribution is 2.34. The number of halogens is 1. The lowest BCUT2D eigenvalue weighted by Gasteiger charge is -2.28. The van der Waals surface area contributed by atoms with E-state index in [9.17, 15) is 9.59 Å². The SMILES string of the molecule is COc1cc(N2CCCNC2=O)c(Cl)cc1C(=O)O. The van der Waals surface area contributed by atoms with E-state index in [0.29, 0.717) is 18.8 Å². The molecular formula is C12H13ClN2O4. The van der Waals surface area contributed by atoms with E-state index in [-0.39, 0.29) is 22.4 Å². The van der Waals surface area contributed by atoms with E-state index < -0.39 is 5.97 Å². The maximum atomic E-state index is 11.8. The number of nitrogens with zero attached hydrogens (tertiary/aromatic N) is 1. The number of methoxy groups -OCH3 is 1. The first-order valence-electron chi connectivity index (χ1n) is 5.70. The molecule has 19 heavy (non-hydrogen) atoms. The lowest BCUT2D eigenvalue weighted by atomic mass is 10.1. The molecule has 0 aromatic heterocycles. The average molecular weight is 285 g/mol. The zero-order valence-electron chi connectivity index (χ0n) is 10.3. The summed E-state index contributed by atoms with van der Waals surface area (Å²) in [5, 5.41) is 12.0. The average Bonchev–Trinajstić information content (AvgIpc) is 2.39. The summed E-state index contributed by atoms with van der Waals surface area (Å²) >= 11 is 6.06. The molecule has 102 valence electrons. The molecule has 1 aromatic rings. The molecular weight excluding hydrogens is 272 g/mol. The number of carbonyl (C=O) groups is 2. The Hall–Kier alpha value is -1.95. The van der Waals surface area contributed by atoms with Crippen molar-refractivity contribution in [2.24, 2.45) is 0 Å². The van der Waals surface area contributed by atoms with Gasteiger partial charge in [-0.05, 0) is 12.5 Å². The van der Waals surface area contributed by atoms with Crippen molar-refractivity contribution in [3.05, 3.63) is 22.7 Å². The fourth-order valence-electron chi connectivity index (χ4n) is 1.94. The van der Waals surface area contributed by atoms with Crippen LogP contribution in [-0.4, -0.2) is 37.3 Å². The van der Waals surface area contributed by atoms with Crippen molar-refractivity contribution in [2.75, 3.05) is 25.1 Å². The van der Waals surface area contributed by atoms with Crippen LogP contribution in [-0.2, 0) is 0 Å². The summed E-state index contributed by atoms with van der Waals surface area (Å²) in [5.74, 6) is -0.960. The number of carboxylic acid groups (broad SMARTS) is 1. The molecule has 0 aliphatic carbocycles. The Kier molecular flexibility index (Phi) is 3.80. The minimum Gasteiger partial charge on any atom is -0.496 e. The highest BCUT2D eigenvalue weighted by atomic mass is 35.5. The Labute approximate surface area is 114 Å². The second-order valence-electron chi connectivity index (χ2n) is 4.05. The molecule has 1 saturated heterocycles. The maximum absolute atomic E-state index is 11.8. The van der Waals surface area contributed by atoms with Crippen molar-refractivity contribution in [2.45, 2.75) is 6.42 Å². The second-order valence-corrected chi connectivity index (χ2v) is 4.45. The Morgan fingerprint density at radius 2 is 2.26 bits per heavy atom. The van der Waals surface area contributed by atoms with E-state index in [4.69, 9.17) is 21.4 Å². The Morgan fingerprint density at radius 1 is 1.53 bits per heavy atom. The van der Waals surface area contributed by atoms with Crippen LogP contribution in [0.2, 0.25) is 5.02 Å². The van der Waals surface area contributed by atoms with Crippen LogP contribution in [0.1, 0.15) is 16.8 Å². The van der Waals surface area contributed by atoms with Crippen LogP contribution in [0.3, 0.4) is 0 Å².